The molecule has 0 amide bonds. The van der Waals surface area contributed by atoms with Crippen molar-refractivity contribution < 1.29 is 17.2 Å². The maximum absolute atomic E-state index is 13.5. The van der Waals surface area contributed by atoms with Crippen LogP contribution in [0.4, 0.5) is 8.78 Å². The summed E-state index contributed by atoms with van der Waals surface area (Å²) in [4.78, 5) is -0.640. The van der Waals surface area contributed by atoms with E-state index >= 15 is 0 Å². The molecule has 4 nitrogen and oxygen atoms in total. The van der Waals surface area contributed by atoms with Gasteiger partial charge in [-0.05, 0) is 38.4 Å². The monoisotopic (exact) mass is 326 g/mol. The first kappa shape index (κ1) is 17.3. The van der Waals surface area contributed by atoms with Crippen molar-refractivity contribution in [3.8, 4) is 0 Å². The van der Waals surface area contributed by atoms with E-state index in [2.05, 4.69) is 10.0 Å². The smallest absolute Gasteiger partial charge is 0.243 e. The Kier molecular flexibility index (Phi) is 5.88. The van der Waals surface area contributed by atoms with Crippen molar-refractivity contribution in [2.45, 2.75) is 36.7 Å². The van der Waals surface area contributed by atoms with E-state index in [1.807, 2.05) is 6.92 Å². The molecule has 1 fully saturated rings. The lowest BCUT2D eigenvalue weighted by Gasteiger charge is -2.28. The maximum atomic E-state index is 13.5. The molecular weight excluding hydrogens is 310 g/mol. The molecule has 0 bridgehead atoms. The third-order valence-corrected chi connectivity index (χ3v) is 4.69. The van der Waals surface area contributed by atoms with Gasteiger partial charge in [-0.1, -0.05) is 6.07 Å². The number of piperidine rings is 1. The molecule has 0 aromatic heterocycles. The summed E-state index contributed by atoms with van der Waals surface area (Å²) in [6.07, 6.45) is 1.25. The van der Waals surface area contributed by atoms with Gasteiger partial charge in [0, 0.05) is 12.1 Å². The van der Waals surface area contributed by atoms with E-state index in [0.717, 1.165) is 12.1 Å². The summed E-state index contributed by atoms with van der Waals surface area (Å²) in [6.45, 7) is 2.64. The Labute approximate surface area is 123 Å². The molecule has 114 valence electrons. The van der Waals surface area contributed by atoms with Crippen molar-refractivity contribution in [1.29, 1.82) is 0 Å². The first-order chi connectivity index (χ1) is 8.90. The van der Waals surface area contributed by atoms with Gasteiger partial charge in [0.15, 0.2) is 11.6 Å². The lowest BCUT2D eigenvalue weighted by atomic mass is 10.0. The zero-order chi connectivity index (χ0) is 14.0. The highest BCUT2D eigenvalue weighted by molar-refractivity contribution is 7.89. The van der Waals surface area contributed by atoms with Crippen LogP contribution in [0.2, 0.25) is 0 Å². The molecule has 2 unspecified atom stereocenters. The largest absolute Gasteiger partial charge is 0.314 e. The molecule has 1 aliphatic rings. The Hall–Kier alpha value is -0.760. The maximum Gasteiger partial charge on any atom is 0.243 e. The van der Waals surface area contributed by atoms with Crippen LogP contribution in [0, 0.1) is 11.6 Å². The van der Waals surface area contributed by atoms with Gasteiger partial charge in [-0.3, -0.25) is 0 Å². The molecule has 8 heteroatoms. The number of nitrogens with one attached hydrogen (secondary N) is 2. The summed E-state index contributed by atoms with van der Waals surface area (Å²) in [5, 5.41) is 3.19. The molecule has 1 aliphatic heterocycles. The second kappa shape index (κ2) is 6.80. The van der Waals surface area contributed by atoms with Crippen LogP contribution in [0.5, 0.6) is 0 Å². The Morgan fingerprint density at radius 2 is 2.05 bits per heavy atom. The van der Waals surface area contributed by atoms with Gasteiger partial charge < -0.3 is 5.32 Å². The molecular formula is C12H17ClF2N2O2S. The highest BCUT2D eigenvalue weighted by Gasteiger charge is 2.27. The van der Waals surface area contributed by atoms with E-state index in [0.29, 0.717) is 19.4 Å². The van der Waals surface area contributed by atoms with Crippen LogP contribution in [0.25, 0.3) is 0 Å². The molecule has 1 heterocycles. The van der Waals surface area contributed by atoms with E-state index in [1.165, 1.54) is 6.07 Å². The van der Waals surface area contributed by atoms with E-state index in [9.17, 15) is 17.2 Å². The fraction of sp³-hybridized carbons (Fsp3) is 0.500. The average molecular weight is 327 g/mol. The fourth-order valence-corrected chi connectivity index (χ4v) is 3.58. The van der Waals surface area contributed by atoms with Crippen molar-refractivity contribution in [3.63, 3.8) is 0 Å². The molecule has 2 N–H and O–H groups in total. The van der Waals surface area contributed by atoms with Crippen molar-refractivity contribution in [2.24, 2.45) is 0 Å². The molecule has 20 heavy (non-hydrogen) atoms. The standard InChI is InChI=1S/C12H16F2N2O2S.ClH/c1-8-7-9(5-6-15-8)16-19(17,18)11-4-2-3-10(13)12(11)14;/h2-4,8-9,15-16H,5-7H2,1H3;1H. The third-order valence-electron chi connectivity index (χ3n) is 3.15. The van der Waals surface area contributed by atoms with Crippen LogP contribution in [0.15, 0.2) is 23.1 Å². The van der Waals surface area contributed by atoms with Crippen molar-refractivity contribution >= 4 is 22.4 Å². The number of sulfonamides is 1. The van der Waals surface area contributed by atoms with E-state index in [4.69, 9.17) is 0 Å². The van der Waals surface area contributed by atoms with Gasteiger partial charge in [0.1, 0.15) is 4.90 Å². The predicted molar refractivity (Wildman–Crippen MR) is 74.4 cm³/mol. The van der Waals surface area contributed by atoms with Crippen LogP contribution >= 0.6 is 12.4 Å². The topological polar surface area (TPSA) is 58.2 Å². The highest BCUT2D eigenvalue weighted by atomic mass is 35.5. The van der Waals surface area contributed by atoms with Gasteiger partial charge in [0.2, 0.25) is 10.0 Å². The second-order valence-electron chi connectivity index (χ2n) is 4.75. The van der Waals surface area contributed by atoms with Gasteiger partial charge in [-0.2, -0.15) is 0 Å². The molecule has 0 spiro atoms. The Bertz CT molecular complexity index is 569. The lowest BCUT2D eigenvalue weighted by molar-refractivity contribution is 0.361. The molecule has 1 aromatic rings. The van der Waals surface area contributed by atoms with Gasteiger partial charge >= 0.3 is 0 Å². The van der Waals surface area contributed by atoms with E-state index < -0.39 is 26.6 Å². The highest BCUT2D eigenvalue weighted by Crippen LogP contribution is 2.19. The summed E-state index contributed by atoms with van der Waals surface area (Å²) < 4.78 is 53.1. The minimum absolute atomic E-state index is 0. The predicted octanol–water partition coefficient (Wildman–Crippen LogP) is 1.81. The normalized spacial score (nSPS) is 23.1. The minimum Gasteiger partial charge on any atom is -0.314 e. The number of benzene rings is 1. The molecule has 1 saturated heterocycles. The molecule has 2 rings (SSSR count). The second-order valence-corrected chi connectivity index (χ2v) is 6.43. The third kappa shape index (κ3) is 3.88. The van der Waals surface area contributed by atoms with Crippen LogP contribution < -0.4 is 10.0 Å². The SMILES string of the molecule is CC1CC(NS(=O)(=O)c2cccc(F)c2F)CCN1.Cl. The summed E-state index contributed by atoms with van der Waals surface area (Å²) in [6, 6.07) is 3.06. The summed E-state index contributed by atoms with van der Waals surface area (Å²) >= 11 is 0. The zero-order valence-corrected chi connectivity index (χ0v) is 12.5. The van der Waals surface area contributed by atoms with Gasteiger partial charge in [-0.15, -0.1) is 12.4 Å². The van der Waals surface area contributed by atoms with Gasteiger partial charge in [0.25, 0.3) is 0 Å². The molecule has 1 aromatic carbocycles. The van der Waals surface area contributed by atoms with Gasteiger partial charge in [-0.25, -0.2) is 21.9 Å². The average Bonchev–Trinajstić information content (AvgIpc) is 2.32. The van der Waals surface area contributed by atoms with Gasteiger partial charge in [0.05, 0.1) is 0 Å². The number of hydrogen-bond acceptors (Lipinski definition) is 3. The molecule has 0 radical (unpaired) electrons. The fourth-order valence-electron chi connectivity index (χ4n) is 2.21. The number of hydrogen-bond donors (Lipinski definition) is 2. The van der Waals surface area contributed by atoms with Crippen molar-refractivity contribution in [3.05, 3.63) is 29.8 Å². The first-order valence-electron chi connectivity index (χ1n) is 6.10. The van der Waals surface area contributed by atoms with Crippen molar-refractivity contribution in [2.75, 3.05) is 6.54 Å². The zero-order valence-electron chi connectivity index (χ0n) is 10.9. The lowest BCUT2D eigenvalue weighted by Crippen LogP contribution is -2.46. The van der Waals surface area contributed by atoms with Crippen LogP contribution in [-0.2, 0) is 10.0 Å². The summed E-state index contributed by atoms with van der Waals surface area (Å²) in [5.41, 5.74) is 0. The quantitative estimate of drug-likeness (QED) is 0.890. The Morgan fingerprint density at radius 1 is 1.35 bits per heavy atom. The van der Waals surface area contributed by atoms with E-state index in [-0.39, 0.29) is 24.5 Å². The number of rotatable bonds is 3. The first-order valence-corrected chi connectivity index (χ1v) is 7.58. The Balaban J connectivity index is 0.00000200. The van der Waals surface area contributed by atoms with E-state index in [1.54, 1.807) is 0 Å². The van der Waals surface area contributed by atoms with Crippen LogP contribution in [-0.4, -0.2) is 27.0 Å². The molecule has 0 aliphatic carbocycles. The molecule has 0 saturated carbocycles. The number of halogens is 3. The molecule has 2 atom stereocenters. The summed E-state index contributed by atoms with van der Waals surface area (Å²) in [5.74, 6) is -2.50. The summed E-state index contributed by atoms with van der Waals surface area (Å²) in [7, 11) is -4.03. The van der Waals surface area contributed by atoms with Crippen molar-refractivity contribution in [1.82, 2.24) is 10.0 Å². The van der Waals surface area contributed by atoms with Crippen LogP contribution in [0.3, 0.4) is 0 Å². The Morgan fingerprint density at radius 3 is 2.70 bits per heavy atom. The van der Waals surface area contributed by atoms with Crippen LogP contribution in [0.1, 0.15) is 19.8 Å². The minimum atomic E-state index is -4.03.